The Morgan fingerprint density at radius 3 is 2.36 bits per heavy atom. The third-order valence-corrected chi connectivity index (χ3v) is 3.54. The van der Waals surface area contributed by atoms with E-state index in [0.29, 0.717) is 24.5 Å². The zero-order valence-electron chi connectivity index (χ0n) is 14.0. The van der Waals surface area contributed by atoms with Gasteiger partial charge in [-0.1, -0.05) is 30.3 Å². The molecule has 1 unspecified atom stereocenters. The van der Waals surface area contributed by atoms with Crippen LogP contribution in [0.5, 0.6) is 5.75 Å². The summed E-state index contributed by atoms with van der Waals surface area (Å²) in [5, 5.41) is 11.7. The molecule has 2 aromatic carbocycles. The molecule has 2 N–H and O–H groups in total. The van der Waals surface area contributed by atoms with Crippen molar-refractivity contribution in [2.45, 2.75) is 12.8 Å². The number of nitrogens with one attached hydrogen (secondary N) is 1. The molecule has 0 aliphatic heterocycles. The summed E-state index contributed by atoms with van der Waals surface area (Å²) in [7, 11) is 0. The van der Waals surface area contributed by atoms with Crippen molar-refractivity contribution in [1.82, 2.24) is 0 Å². The molecule has 132 valence electrons. The van der Waals surface area contributed by atoms with Gasteiger partial charge in [0.15, 0.2) is 0 Å². The van der Waals surface area contributed by atoms with Crippen LogP contribution in [-0.4, -0.2) is 36.8 Å². The number of aliphatic carboxylic acids is 1. The van der Waals surface area contributed by atoms with Crippen LogP contribution in [0.4, 0.5) is 5.69 Å². The van der Waals surface area contributed by atoms with E-state index >= 15 is 0 Å². The van der Waals surface area contributed by atoms with Gasteiger partial charge in [0.2, 0.25) is 5.91 Å². The number of carboxylic acid groups (broad SMARTS) is 1. The summed E-state index contributed by atoms with van der Waals surface area (Å²) in [6.45, 7) is 2.20. The van der Waals surface area contributed by atoms with Crippen LogP contribution < -0.4 is 10.1 Å². The number of benzene rings is 2. The third kappa shape index (κ3) is 6.27. The van der Waals surface area contributed by atoms with Crippen molar-refractivity contribution >= 4 is 17.6 Å². The van der Waals surface area contributed by atoms with Gasteiger partial charge in [0.1, 0.15) is 19.0 Å². The molecule has 0 radical (unpaired) electrons. The maximum Gasteiger partial charge on any atom is 0.310 e. The van der Waals surface area contributed by atoms with E-state index < -0.39 is 11.9 Å². The molecule has 0 aromatic heterocycles. The van der Waals surface area contributed by atoms with Crippen LogP contribution in [0.1, 0.15) is 18.4 Å². The minimum Gasteiger partial charge on any atom is -0.491 e. The number of hydrogen-bond donors (Lipinski definition) is 2. The van der Waals surface area contributed by atoms with Crippen molar-refractivity contribution in [3.63, 3.8) is 0 Å². The molecule has 0 saturated heterocycles. The Bertz CT molecular complexity index is 685. The normalized spacial score (nSPS) is 11.6. The monoisotopic (exact) mass is 343 g/mol. The van der Waals surface area contributed by atoms with Gasteiger partial charge in [-0.15, -0.1) is 0 Å². The van der Waals surface area contributed by atoms with Gasteiger partial charge in [0, 0.05) is 5.69 Å². The molecular formula is C19H21NO5. The van der Waals surface area contributed by atoms with Crippen LogP contribution in [0, 0.1) is 0 Å². The highest BCUT2D eigenvalue weighted by atomic mass is 16.5. The molecule has 0 bridgehead atoms. The summed E-state index contributed by atoms with van der Waals surface area (Å²) in [6, 6.07) is 16.1. The van der Waals surface area contributed by atoms with Crippen molar-refractivity contribution in [3.05, 3.63) is 60.2 Å². The number of carbonyl (C=O) groups excluding carboxylic acids is 1. The Kier molecular flexibility index (Phi) is 6.98. The molecular weight excluding hydrogens is 322 g/mol. The molecule has 0 spiro atoms. The molecule has 0 saturated carbocycles. The Morgan fingerprint density at radius 2 is 1.72 bits per heavy atom. The first-order valence-electron chi connectivity index (χ1n) is 7.94. The van der Waals surface area contributed by atoms with E-state index in [-0.39, 0.29) is 12.5 Å². The fourth-order valence-electron chi connectivity index (χ4n) is 2.09. The highest BCUT2D eigenvalue weighted by Gasteiger charge is 2.13. The zero-order chi connectivity index (χ0) is 18.1. The second-order valence-corrected chi connectivity index (χ2v) is 5.44. The quantitative estimate of drug-likeness (QED) is 0.684. The number of carbonyl (C=O) groups is 2. The molecule has 0 fully saturated rings. The Hall–Kier alpha value is -2.86. The second-order valence-electron chi connectivity index (χ2n) is 5.44. The van der Waals surface area contributed by atoms with Crippen molar-refractivity contribution in [1.29, 1.82) is 0 Å². The third-order valence-electron chi connectivity index (χ3n) is 3.54. The standard InChI is InChI=1S/C19H21NO5/c1-14(19(22)23)15-7-9-16(10-8-15)20-18(21)13-24-11-12-25-17-5-3-2-4-6-17/h2-10,14H,11-13H2,1H3,(H,20,21)(H,22,23). The van der Waals surface area contributed by atoms with E-state index in [4.69, 9.17) is 14.6 Å². The van der Waals surface area contributed by atoms with Crippen molar-refractivity contribution < 1.29 is 24.2 Å². The van der Waals surface area contributed by atoms with Gasteiger partial charge in [-0.3, -0.25) is 9.59 Å². The predicted octanol–water partition coefficient (Wildman–Crippen LogP) is 2.91. The summed E-state index contributed by atoms with van der Waals surface area (Å²) in [4.78, 5) is 22.7. The smallest absolute Gasteiger partial charge is 0.310 e. The molecule has 0 heterocycles. The number of para-hydroxylation sites is 1. The van der Waals surface area contributed by atoms with Crippen LogP contribution >= 0.6 is 0 Å². The molecule has 0 aliphatic carbocycles. The topological polar surface area (TPSA) is 84.9 Å². The highest BCUT2D eigenvalue weighted by molar-refractivity contribution is 5.91. The zero-order valence-corrected chi connectivity index (χ0v) is 14.0. The fourth-order valence-corrected chi connectivity index (χ4v) is 2.09. The molecule has 6 nitrogen and oxygen atoms in total. The molecule has 0 aliphatic rings. The number of carboxylic acids is 1. The maximum absolute atomic E-state index is 11.8. The Balaban J connectivity index is 1.67. The van der Waals surface area contributed by atoms with Crippen LogP contribution in [0.3, 0.4) is 0 Å². The largest absolute Gasteiger partial charge is 0.491 e. The van der Waals surface area contributed by atoms with Crippen molar-refractivity contribution in [2.75, 3.05) is 25.1 Å². The highest BCUT2D eigenvalue weighted by Crippen LogP contribution is 2.18. The van der Waals surface area contributed by atoms with E-state index in [1.54, 1.807) is 31.2 Å². The van der Waals surface area contributed by atoms with Gasteiger partial charge in [-0.2, -0.15) is 0 Å². The fraction of sp³-hybridized carbons (Fsp3) is 0.263. The summed E-state index contributed by atoms with van der Waals surface area (Å²) in [6.07, 6.45) is 0. The van der Waals surface area contributed by atoms with Crippen LogP contribution in [0.15, 0.2) is 54.6 Å². The van der Waals surface area contributed by atoms with E-state index in [1.807, 2.05) is 30.3 Å². The summed E-state index contributed by atoms with van der Waals surface area (Å²) in [5.41, 5.74) is 1.27. The predicted molar refractivity (Wildman–Crippen MR) is 93.9 cm³/mol. The van der Waals surface area contributed by atoms with Gasteiger partial charge in [-0.05, 0) is 36.8 Å². The van der Waals surface area contributed by atoms with Crippen LogP contribution in [0.2, 0.25) is 0 Å². The van der Waals surface area contributed by atoms with Gasteiger partial charge in [-0.25, -0.2) is 0 Å². The molecule has 1 atom stereocenters. The van der Waals surface area contributed by atoms with Crippen LogP contribution in [0.25, 0.3) is 0 Å². The first kappa shape index (κ1) is 18.5. The van der Waals surface area contributed by atoms with E-state index in [2.05, 4.69) is 5.32 Å². The molecule has 6 heteroatoms. The lowest BCUT2D eigenvalue weighted by Crippen LogP contribution is -2.20. The van der Waals surface area contributed by atoms with Crippen LogP contribution in [-0.2, 0) is 14.3 Å². The second kappa shape index (κ2) is 9.44. The maximum atomic E-state index is 11.8. The van der Waals surface area contributed by atoms with E-state index in [9.17, 15) is 9.59 Å². The van der Waals surface area contributed by atoms with E-state index in [1.165, 1.54) is 0 Å². The number of hydrogen-bond acceptors (Lipinski definition) is 4. The first-order chi connectivity index (χ1) is 12.1. The lowest BCUT2D eigenvalue weighted by atomic mass is 10.0. The minimum absolute atomic E-state index is 0.0779. The molecule has 1 amide bonds. The number of ether oxygens (including phenoxy) is 2. The number of anilines is 1. The molecule has 2 rings (SSSR count). The number of rotatable bonds is 9. The van der Waals surface area contributed by atoms with Crippen molar-refractivity contribution in [3.8, 4) is 5.75 Å². The minimum atomic E-state index is -0.886. The average Bonchev–Trinajstić information content (AvgIpc) is 2.62. The van der Waals surface area contributed by atoms with Gasteiger partial charge >= 0.3 is 5.97 Å². The summed E-state index contributed by atoms with van der Waals surface area (Å²) >= 11 is 0. The summed E-state index contributed by atoms with van der Waals surface area (Å²) in [5.74, 6) is -0.995. The first-order valence-corrected chi connectivity index (χ1v) is 7.94. The van der Waals surface area contributed by atoms with Gasteiger partial charge < -0.3 is 19.9 Å². The summed E-state index contributed by atoms with van der Waals surface area (Å²) < 4.78 is 10.7. The average molecular weight is 343 g/mol. The lowest BCUT2D eigenvalue weighted by molar-refractivity contribution is -0.138. The van der Waals surface area contributed by atoms with Gasteiger partial charge in [0.05, 0.1) is 12.5 Å². The van der Waals surface area contributed by atoms with Crippen molar-refractivity contribution in [2.24, 2.45) is 0 Å². The lowest BCUT2D eigenvalue weighted by Gasteiger charge is -2.10. The Labute approximate surface area is 146 Å². The van der Waals surface area contributed by atoms with Gasteiger partial charge in [0.25, 0.3) is 0 Å². The Morgan fingerprint density at radius 1 is 1.04 bits per heavy atom. The SMILES string of the molecule is CC(C(=O)O)c1ccc(NC(=O)COCCOc2ccccc2)cc1. The van der Waals surface area contributed by atoms with E-state index in [0.717, 1.165) is 5.75 Å². The molecule has 2 aromatic rings. The number of amides is 1. The molecule has 25 heavy (non-hydrogen) atoms.